The van der Waals surface area contributed by atoms with Crippen molar-refractivity contribution >= 4 is 17.8 Å². The standard InChI is InChI=1S/C22H22BNO2.2CH4/c24-16-22(15-18-8-3-1-4-9-18)26-23(20-11-5-2-6-12-20)21-13-7-10-19(14-21)17-25;;/h1-14,16,25H,15,17,24H2;2*1H4/b22-16+;;. The first kappa shape index (κ1) is 23.1. The number of allylic oxidation sites excluding steroid dienone is 1. The third-order valence-electron chi connectivity index (χ3n) is 4.21. The third-order valence-corrected chi connectivity index (χ3v) is 4.21. The van der Waals surface area contributed by atoms with Gasteiger partial charge >= 0.3 is 6.92 Å². The fraction of sp³-hybridized carbons (Fsp3) is 0.167. The maximum atomic E-state index is 9.47. The fourth-order valence-electron chi connectivity index (χ4n) is 2.90. The third kappa shape index (κ3) is 6.03. The molecular formula is C24H30BNO2. The minimum absolute atomic E-state index is 0. The van der Waals surface area contributed by atoms with Gasteiger partial charge in [-0.15, -0.1) is 0 Å². The zero-order valence-electron chi connectivity index (χ0n) is 14.6. The Kier molecular flexibility index (Phi) is 9.62. The Balaban J connectivity index is 0.00000196. The topological polar surface area (TPSA) is 55.5 Å². The van der Waals surface area contributed by atoms with E-state index in [9.17, 15) is 5.11 Å². The highest BCUT2D eigenvalue weighted by Crippen LogP contribution is 2.11. The molecule has 3 N–H and O–H groups in total. The maximum absolute atomic E-state index is 9.47. The minimum Gasteiger partial charge on any atom is -0.553 e. The number of aliphatic hydroxyl groups is 1. The van der Waals surface area contributed by atoms with Gasteiger partial charge in [-0.2, -0.15) is 0 Å². The van der Waals surface area contributed by atoms with Crippen LogP contribution < -0.4 is 16.7 Å². The van der Waals surface area contributed by atoms with E-state index in [1.165, 1.54) is 6.20 Å². The van der Waals surface area contributed by atoms with Crippen molar-refractivity contribution in [3.63, 3.8) is 0 Å². The molecule has 0 unspecified atom stereocenters. The monoisotopic (exact) mass is 375 g/mol. The zero-order valence-corrected chi connectivity index (χ0v) is 14.6. The number of rotatable bonds is 7. The zero-order chi connectivity index (χ0) is 18.2. The van der Waals surface area contributed by atoms with Crippen LogP contribution in [-0.2, 0) is 17.7 Å². The lowest BCUT2D eigenvalue weighted by atomic mass is 9.55. The molecule has 146 valence electrons. The second-order valence-electron chi connectivity index (χ2n) is 6.11. The van der Waals surface area contributed by atoms with Crippen molar-refractivity contribution in [3.05, 3.63) is 108 Å². The van der Waals surface area contributed by atoms with Gasteiger partial charge in [-0.3, -0.25) is 0 Å². The van der Waals surface area contributed by atoms with Crippen LogP contribution >= 0.6 is 0 Å². The lowest BCUT2D eigenvalue weighted by molar-refractivity contribution is 0.282. The Hall–Kier alpha value is -2.98. The van der Waals surface area contributed by atoms with Crippen molar-refractivity contribution < 1.29 is 9.76 Å². The molecule has 4 heteroatoms. The molecule has 3 aromatic carbocycles. The molecule has 28 heavy (non-hydrogen) atoms. The van der Waals surface area contributed by atoms with Crippen LogP contribution in [0.2, 0.25) is 0 Å². The van der Waals surface area contributed by atoms with E-state index >= 15 is 0 Å². The quantitative estimate of drug-likeness (QED) is 0.490. The Morgan fingerprint density at radius 2 is 1.39 bits per heavy atom. The number of nitrogens with two attached hydrogens (primary N) is 1. The minimum atomic E-state index is -0.291. The average Bonchev–Trinajstić information content (AvgIpc) is 2.72. The van der Waals surface area contributed by atoms with Crippen molar-refractivity contribution in [2.75, 3.05) is 0 Å². The molecule has 0 atom stereocenters. The van der Waals surface area contributed by atoms with E-state index in [-0.39, 0.29) is 28.4 Å². The SMILES string of the molecule is C.C.N/C=C(\Cc1ccccc1)OB(c1ccccc1)c1cccc(CO)c1. The average molecular weight is 375 g/mol. The molecule has 0 fully saturated rings. The largest absolute Gasteiger partial charge is 0.553 e. The van der Waals surface area contributed by atoms with Gasteiger partial charge in [0, 0.05) is 12.6 Å². The molecule has 0 amide bonds. The summed E-state index contributed by atoms with van der Waals surface area (Å²) < 4.78 is 6.33. The smallest absolute Gasteiger partial charge is 0.426 e. The summed E-state index contributed by atoms with van der Waals surface area (Å²) in [6.45, 7) is -0.292. The summed E-state index contributed by atoms with van der Waals surface area (Å²) >= 11 is 0. The van der Waals surface area contributed by atoms with E-state index in [0.717, 1.165) is 22.1 Å². The molecule has 0 heterocycles. The molecule has 0 radical (unpaired) electrons. The lowest BCUT2D eigenvalue weighted by Gasteiger charge is -2.19. The maximum Gasteiger partial charge on any atom is 0.426 e. The molecule has 3 nitrogen and oxygen atoms in total. The van der Waals surface area contributed by atoms with Gasteiger partial charge in [0.15, 0.2) is 0 Å². The van der Waals surface area contributed by atoms with Crippen LogP contribution in [0.4, 0.5) is 0 Å². The molecule has 0 saturated carbocycles. The molecule has 0 spiro atoms. The number of hydrogen-bond donors (Lipinski definition) is 2. The van der Waals surface area contributed by atoms with Gasteiger partial charge < -0.3 is 15.5 Å². The first-order valence-corrected chi connectivity index (χ1v) is 8.66. The summed E-state index contributed by atoms with van der Waals surface area (Å²) in [4.78, 5) is 0. The van der Waals surface area contributed by atoms with Gasteiger partial charge in [-0.1, -0.05) is 99.8 Å². The van der Waals surface area contributed by atoms with Crippen LogP contribution in [0.15, 0.2) is 96.9 Å². The molecule has 3 rings (SSSR count). The van der Waals surface area contributed by atoms with Crippen molar-refractivity contribution in [2.24, 2.45) is 5.73 Å². The first-order valence-electron chi connectivity index (χ1n) is 8.66. The second kappa shape index (κ2) is 11.7. The van der Waals surface area contributed by atoms with Crippen molar-refractivity contribution in [1.29, 1.82) is 0 Å². The van der Waals surface area contributed by atoms with E-state index < -0.39 is 0 Å². The molecule has 0 saturated heterocycles. The van der Waals surface area contributed by atoms with Crippen LogP contribution in [0.25, 0.3) is 0 Å². The highest BCUT2D eigenvalue weighted by molar-refractivity contribution is 6.80. The van der Waals surface area contributed by atoms with Crippen molar-refractivity contribution in [2.45, 2.75) is 27.9 Å². The van der Waals surface area contributed by atoms with Crippen molar-refractivity contribution in [3.8, 4) is 0 Å². The normalized spacial score (nSPS) is 10.4. The van der Waals surface area contributed by atoms with E-state index in [1.807, 2.05) is 72.8 Å². The highest BCUT2D eigenvalue weighted by Gasteiger charge is 2.24. The van der Waals surface area contributed by atoms with Crippen LogP contribution in [0.5, 0.6) is 0 Å². The molecule has 0 aromatic heterocycles. The Morgan fingerprint density at radius 3 is 2.00 bits per heavy atom. The molecule has 0 aliphatic carbocycles. The van der Waals surface area contributed by atoms with Crippen LogP contribution in [0, 0.1) is 0 Å². The number of benzene rings is 3. The van der Waals surface area contributed by atoms with Crippen molar-refractivity contribution in [1.82, 2.24) is 0 Å². The number of hydrogen-bond acceptors (Lipinski definition) is 3. The summed E-state index contributed by atoms with van der Waals surface area (Å²) in [5, 5.41) is 9.47. The van der Waals surface area contributed by atoms with Gasteiger partial charge in [0.25, 0.3) is 0 Å². The van der Waals surface area contributed by atoms with Gasteiger partial charge in [-0.05, 0) is 22.1 Å². The van der Waals surface area contributed by atoms with E-state index in [0.29, 0.717) is 12.2 Å². The second-order valence-corrected chi connectivity index (χ2v) is 6.11. The van der Waals surface area contributed by atoms with Gasteiger partial charge in [0.2, 0.25) is 0 Å². The van der Waals surface area contributed by atoms with Crippen LogP contribution in [-0.4, -0.2) is 12.0 Å². The summed E-state index contributed by atoms with van der Waals surface area (Å²) in [6, 6.07) is 27.9. The van der Waals surface area contributed by atoms with Crippen LogP contribution in [0.1, 0.15) is 26.0 Å². The summed E-state index contributed by atoms with van der Waals surface area (Å²) in [5.41, 5.74) is 9.87. The number of aliphatic hydroxyl groups excluding tert-OH is 1. The fourth-order valence-corrected chi connectivity index (χ4v) is 2.90. The van der Waals surface area contributed by atoms with E-state index in [2.05, 4.69) is 12.1 Å². The first-order chi connectivity index (χ1) is 12.8. The highest BCUT2D eigenvalue weighted by atomic mass is 16.4. The van der Waals surface area contributed by atoms with Gasteiger partial charge in [0.1, 0.15) is 0 Å². The predicted molar refractivity (Wildman–Crippen MR) is 121 cm³/mol. The summed E-state index contributed by atoms with van der Waals surface area (Å²) in [7, 11) is 0. The molecule has 0 bridgehead atoms. The Labute approximate surface area is 169 Å². The van der Waals surface area contributed by atoms with E-state index in [4.69, 9.17) is 10.4 Å². The molecular weight excluding hydrogens is 345 g/mol. The molecule has 3 aromatic rings. The summed E-state index contributed by atoms with van der Waals surface area (Å²) in [6.07, 6.45) is 2.15. The van der Waals surface area contributed by atoms with Gasteiger partial charge in [-0.25, -0.2) is 0 Å². The summed E-state index contributed by atoms with van der Waals surface area (Å²) in [5.74, 6) is 0.708. The molecule has 0 aliphatic heterocycles. The Morgan fingerprint density at radius 1 is 0.821 bits per heavy atom. The van der Waals surface area contributed by atoms with Gasteiger partial charge in [0.05, 0.1) is 12.4 Å². The predicted octanol–water partition coefficient (Wildman–Crippen LogP) is 3.62. The van der Waals surface area contributed by atoms with E-state index in [1.54, 1.807) is 0 Å². The van der Waals surface area contributed by atoms with Crippen LogP contribution in [0.3, 0.4) is 0 Å². The lowest BCUT2D eigenvalue weighted by Crippen LogP contribution is -2.45. The Bertz CT molecular complexity index is 851. The molecule has 0 aliphatic rings.